The van der Waals surface area contributed by atoms with E-state index in [1.54, 1.807) is 12.1 Å². The van der Waals surface area contributed by atoms with Gasteiger partial charge in [0, 0.05) is 29.2 Å². The predicted molar refractivity (Wildman–Crippen MR) is 143 cm³/mol. The van der Waals surface area contributed by atoms with Gasteiger partial charge in [-0.2, -0.15) is 0 Å². The van der Waals surface area contributed by atoms with Gasteiger partial charge >= 0.3 is 0 Å². The van der Waals surface area contributed by atoms with Crippen LogP contribution in [0.1, 0.15) is 55.4 Å². The molecule has 0 spiro atoms. The maximum absolute atomic E-state index is 10.2. The van der Waals surface area contributed by atoms with Gasteiger partial charge in [0.2, 0.25) is 0 Å². The Labute approximate surface area is 221 Å². The Kier molecular flexibility index (Phi) is 17.4. The van der Waals surface area contributed by atoms with Crippen molar-refractivity contribution in [3.05, 3.63) is 62.7 Å². The molecular formula is C26H38INO7. The average molecular weight is 603 g/mol. The smallest absolute Gasteiger partial charge is 0.300 e. The van der Waals surface area contributed by atoms with Crippen LogP contribution >= 0.6 is 22.6 Å². The Bertz CT molecular complexity index is 846. The fourth-order valence-electron chi connectivity index (χ4n) is 3.14. The number of rotatable bonds is 16. The molecule has 35 heavy (non-hydrogen) atoms. The molecule has 0 aliphatic rings. The summed E-state index contributed by atoms with van der Waals surface area (Å²) in [5.74, 6) is -0.787. The molecule has 2 aromatic rings. The van der Waals surface area contributed by atoms with Gasteiger partial charge in [-0.3, -0.25) is 4.79 Å². The van der Waals surface area contributed by atoms with Crippen LogP contribution in [0.2, 0.25) is 0 Å². The van der Waals surface area contributed by atoms with Crippen molar-refractivity contribution in [3.63, 3.8) is 0 Å². The number of halogens is 1. The number of aliphatic hydroxyl groups excluding tert-OH is 2. The number of aromatic hydroxyl groups is 1. The van der Waals surface area contributed by atoms with Crippen LogP contribution in [-0.2, 0) is 27.5 Å². The first kappa shape index (κ1) is 31.3. The minimum atomic E-state index is -0.833. The summed E-state index contributed by atoms with van der Waals surface area (Å²) in [5, 5.41) is 39.7. The molecular weight excluding hydrogens is 565 g/mol. The van der Waals surface area contributed by atoms with E-state index in [1.165, 1.54) is 15.2 Å². The van der Waals surface area contributed by atoms with Crippen LogP contribution < -0.4 is 5.32 Å². The van der Waals surface area contributed by atoms with E-state index in [-0.39, 0.29) is 12.4 Å². The number of aliphatic carboxylic acids is 1. The van der Waals surface area contributed by atoms with Crippen molar-refractivity contribution in [2.75, 3.05) is 32.9 Å². The molecule has 0 bridgehead atoms. The van der Waals surface area contributed by atoms with Gasteiger partial charge < -0.3 is 35.2 Å². The number of carboxylic acids is 1. The Hall–Kier alpha value is -1.76. The molecule has 0 fully saturated rings. The van der Waals surface area contributed by atoms with Crippen molar-refractivity contribution in [3.8, 4) is 5.75 Å². The first-order valence-electron chi connectivity index (χ1n) is 11.7. The van der Waals surface area contributed by atoms with Crippen molar-refractivity contribution in [2.45, 2.75) is 51.9 Å². The Balaban J connectivity index is 0.00000142. The maximum atomic E-state index is 10.2. The summed E-state index contributed by atoms with van der Waals surface area (Å²) >= 11 is 2.30. The highest BCUT2D eigenvalue weighted by Gasteiger charge is 2.09. The average Bonchev–Trinajstić information content (AvgIpc) is 2.82. The highest BCUT2D eigenvalue weighted by atomic mass is 127. The van der Waals surface area contributed by atoms with Crippen LogP contribution in [0.3, 0.4) is 0 Å². The van der Waals surface area contributed by atoms with E-state index in [0.717, 1.165) is 45.8 Å². The van der Waals surface area contributed by atoms with Crippen LogP contribution in [0.5, 0.6) is 5.75 Å². The molecule has 8 nitrogen and oxygen atoms in total. The minimum absolute atomic E-state index is 0.0462. The highest BCUT2D eigenvalue weighted by molar-refractivity contribution is 14.1. The molecule has 0 aliphatic carbocycles. The second-order valence-corrected chi connectivity index (χ2v) is 9.24. The first-order chi connectivity index (χ1) is 16.8. The van der Waals surface area contributed by atoms with E-state index in [1.807, 2.05) is 6.07 Å². The second-order valence-electron chi connectivity index (χ2n) is 7.99. The number of aliphatic hydroxyl groups is 2. The molecule has 0 amide bonds. The summed E-state index contributed by atoms with van der Waals surface area (Å²) in [5.41, 5.74) is 2.30. The predicted octanol–water partition coefficient (Wildman–Crippen LogP) is 4.00. The number of hydrogen-bond acceptors (Lipinski definition) is 7. The number of carbonyl (C=O) groups is 1. The largest absolute Gasteiger partial charge is 0.508 e. The lowest BCUT2D eigenvalue weighted by Crippen LogP contribution is -2.22. The standard InChI is InChI=1S/C24H34INO5.C2H4O2/c25-22-7-5-6-19(14-22)18-31-13-12-30-11-4-2-1-3-10-26-16-24(29)20-8-9-23(28)21(15-20)17-27;1-2(3)4/h5-9,14-15,24,26-29H,1-4,10-13,16-18H2;1H3,(H,3,4)/t24-;/m0./s1. The van der Waals surface area contributed by atoms with Gasteiger partial charge in [0.15, 0.2) is 0 Å². The number of hydrogen-bond donors (Lipinski definition) is 5. The molecule has 0 aromatic heterocycles. The molecule has 0 saturated heterocycles. The topological polar surface area (TPSA) is 128 Å². The van der Waals surface area contributed by atoms with Crippen molar-refractivity contribution in [1.29, 1.82) is 0 Å². The third kappa shape index (κ3) is 15.8. The Morgan fingerprint density at radius 1 is 1.03 bits per heavy atom. The van der Waals surface area contributed by atoms with Crippen molar-refractivity contribution in [2.24, 2.45) is 0 Å². The zero-order chi connectivity index (χ0) is 25.9. The number of unbranched alkanes of at least 4 members (excludes halogenated alkanes) is 3. The van der Waals surface area contributed by atoms with Crippen molar-refractivity contribution >= 4 is 28.6 Å². The van der Waals surface area contributed by atoms with E-state index in [4.69, 9.17) is 19.4 Å². The maximum Gasteiger partial charge on any atom is 0.300 e. The molecule has 0 aliphatic heterocycles. The molecule has 196 valence electrons. The SMILES string of the molecule is CC(=O)O.OCc1cc([C@@H](O)CNCCCCCCOCCOCc2cccc(I)c2)ccc1O. The number of ether oxygens (including phenoxy) is 2. The summed E-state index contributed by atoms with van der Waals surface area (Å²) in [6.07, 6.45) is 3.65. The van der Waals surface area contributed by atoms with Crippen LogP contribution in [0.4, 0.5) is 0 Å². The third-order valence-corrected chi connectivity index (χ3v) is 5.59. The van der Waals surface area contributed by atoms with Crippen molar-refractivity contribution < 1.29 is 34.7 Å². The summed E-state index contributed by atoms with van der Waals surface area (Å²) < 4.78 is 12.5. The summed E-state index contributed by atoms with van der Waals surface area (Å²) in [6, 6.07) is 13.1. The lowest BCUT2D eigenvalue weighted by molar-refractivity contribution is -0.134. The molecule has 5 N–H and O–H groups in total. The van der Waals surface area contributed by atoms with E-state index in [2.05, 4.69) is 46.1 Å². The van der Waals surface area contributed by atoms with Gasteiger partial charge in [0.25, 0.3) is 5.97 Å². The van der Waals surface area contributed by atoms with Crippen LogP contribution in [0.25, 0.3) is 0 Å². The monoisotopic (exact) mass is 603 g/mol. The van der Waals surface area contributed by atoms with Crippen LogP contribution in [-0.4, -0.2) is 59.3 Å². The lowest BCUT2D eigenvalue weighted by Gasteiger charge is -2.14. The fraction of sp³-hybridized carbons (Fsp3) is 0.500. The fourth-order valence-corrected chi connectivity index (χ4v) is 3.75. The van der Waals surface area contributed by atoms with E-state index in [9.17, 15) is 15.3 Å². The number of benzene rings is 2. The van der Waals surface area contributed by atoms with Gasteiger partial charge in [0.05, 0.1) is 32.5 Å². The molecule has 2 aromatic carbocycles. The molecule has 0 radical (unpaired) electrons. The number of phenols is 1. The molecule has 9 heteroatoms. The lowest BCUT2D eigenvalue weighted by atomic mass is 10.1. The van der Waals surface area contributed by atoms with Crippen LogP contribution in [0.15, 0.2) is 42.5 Å². The summed E-state index contributed by atoms with van der Waals surface area (Å²) in [4.78, 5) is 9.00. The van der Waals surface area contributed by atoms with Crippen molar-refractivity contribution in [1.82, 2.24) is 5.32 Å². The molecule has 0 saturated carbocycles. The second kappa shape index (κ2) is 19.4. The Morgan fingerprint density at radius 2 is 1.74 bits per heavy atom. The van der Waals surface area contributed by atoms with Gasteiger partial charge in [-0.1, -0.05) is 31.0 Å². The van der Waals surface area contributed by atoms with Gasteiger partial charge in [-0.25, -0.2) is 0 Å². The molecule has 0 unspecified atom stereocenters. The normalized spacial score (nSPS) is 11.5. The highest BCUT2D eigenvalue weighted by Crippen LogP contribution is 2.22. The number of nitrogens with one attached hydrogen (secondary N) is 1. The Morgan fingerprint density at radius 3 is 2.46 bits per heavy atom. The van der Waals surface area contributed by atoms with Gasteiger partial charge in [0.1, 0.15) is 5.75 Å². The molecule has 2 rings (SSSR count). The minimum Gasteiger partial charge on any atom is -0.508 e. The molecule has 1 atom stereocenters. The van der Waals surface area contributed by atoms with Crippen LogP contribution in [0, 0.1) is 3.57 Å². The summed E-state index contributed by atoms with van der Waals surface area (Å²) in [6.45, 7) is 4.74. The molecule has 0 heterocycles. The van der Waals surface area contributed by atoms with E-state index >= 15 is 0 Å². The van der Waals surface area contributed by atoms with Gasteiger partial charge in [-0.15, -0.1) is 0 Å². The third-order valence-electron chi connectivity index (χ3n) is 4.92. The quantitative estimate of drug-likeness (QED) is 0.144. The van der Waals surface area contributed by atoms with E-state index in [0.29, 0.717) is 37.5 Å². The first-order valence-corrected chi connectivity index (χ1v) is 12.8. The van der Waals surface area contributed by atoms with Gasteiger partial charge in [-0.05, 0) is 77.4 Å². The zero-order valence-corrected chi connectivity index (χ0v) is 22.4. The number of carboxylic acid groups (broad SMARTS) is 1. The zero-order valence-electron chi connectivity index (χ0n) is 20.3. The van der Waals surface area contributed by atoms with E-state index < -0.39 is 12.1 Å². The summed E-state index contributed by atoms with van der Waals surface area (Å²) in [7, 11) is 0.